The van der Waals surface area contributed by atoms with E-state index < -0.39 is 17.7 Å². The van der Waals surface area contributed by atoms with Crippen LogP contribution in [0.15, 0.2) is 0 Å². The topological polar surface area (TPSA) is 70.7 Å². The molecule has 0 heterocycles. The molecule has 2 amide bonds. The zero-order chi connectivity index (χ0) is 15.3. The molecule has 0 radical (unpaired) electrons. The Morgan fingerprint density at radius 3 is 2.35 bits per heavy atom. The minimum atomic E-state index is -0.556. The number of hydrogen-bond donors (Lipinski definition) is 2. The molecule has 1 atom stereocenters. The summed E-state index contributed by atoms with van der Waals surface area (Å²) in [4.78, 5) is 25.9. The van der Waals surface area contributed by atoms with Crippen molar-refractivity contribution in [2.24, 2.45) is 5.92 Å². The monoisotopic (exact) mass is 285 g/mol. The number of rotatable bonds is 6. The van der Waals surface area contributed by atoms with Crippen molar-refractivity contribution in [3.63, 3.8) is 0 Å². The summed E-state index contributed by atoms with van der Waals surface area (Å²) < 4.78 is 5.20. The third-order valence-corrected chi connectivity index (χ3v) is 2.91. The molecular weight excluding hydrogens is 258 g/mol. The van der Waals surface area contributed by atoms with E-state index >= 15 is 0 Å². The van der Waals surface area contributed by atoms with Gasteiger partial charge in [0.2, 0.25) is 5.91 Å². The molecule has 1 aliphatic carbocycles. The van der Waals surface area contributed by atoms with Crippen molar-refractivity contribution in [3.05, 3.63) is 0 Å². The second-order valence-corrected chi connectivity index (χ2v) is 6.56. The Balaban J connectivity index is 2.44. The van der Waals surface area contributed by atoms with Crippen LogP contribution in [0.1, 0.15) is 33.6 Å². The second kappa shape index (κ2) is 6.92. The second-order valence-electron chi connectivity index (χ2n) is 6.56. The van der Waals surface area contributed by atoms with Crippen LogP contribution in [0.4, 0.5) is 4.79 Å². The molecule has 1 fully saturated rings. The molecule has 0 aromatic carbocycles. The van der Waals surface area contributed by atoms with Gasteiger partial charge >= 0.3 is 6.09 Å². The van der Waals surface area contributed by atoms with Gasteiger partial charge in [0.15, 0.2) is 0 Å². The van der Waals surface area contributed by atoms with Gasteiger partial charge in [0.05, 0.1) is 0 Å². The Morgan fingerprint density at radius 1 is 1.30 bits per heavy atom. The lowest BCUT2D eigenvalue weighted by Crippen LogP contribution is -2.50. The smallest absolute Gasteiger partial charge is 0.408 e. The molecule has 20 heavy (non-hydrogen) atoms. The van der Waals surface area contributed by atoms with E-state index in [2.05, 4.69) is 10.6 Å². The highest BCUT2D eigenvalue weighted by molar-refractivity contribution is 5.86. The van der Waals surface area contributed by atoms with Crippen molar-refractivity contribution in [2.45, 2.75) is 45.3 Å². The first kappa shape index (κ1) is 16.8. The number of alkyl carbamates (subject to hydrolysis) is 1. The Kier molecular flexibility index (Phi) is 5.80. The van der Waals surface area contributed by atoms with E-state index in [9.17, 15) is 9.59 Å². The molecule has 0 aromatic heterocycles. The first-order valence-corrected chi connectivity index (χ1v) is 7.11. The average molecular weight is 285 g/mol. The van der Waals surface area contributed by atoms with E-state index in [0.717, 1.165) is 19.4 Å². The van der Waals surface area contributed by atoms with E-state index in [0.29, 0.717) is 6.54 Å². The van der Waals surface area contributed by atoms with Crippen LogP contribution >= 0.6 is 0 Å². The highest BCUT2D eigenvalue weighted by Gasteiger charge is 2.38. The Hall–Kier alpha value is -1.30. The first-order chi connectivity index (χ1) is 9.19. The van der Waals surface area contributed by atoms with Gasteiger partial charge in [-0.2, -0.15) is 0 Å². The summed E-state index contributed by atoms with van der Waals surface area (Å²) in [5.41, 5.74) is -0.556. The quantitative estimate of drug-likeness (QED) is 0.763. The summed E-state index contributed by atoms with van der Waals surface area (Å²) in [6, 6.07) is -0.480. The normalized spacial score (nSPS) is 16.7. The molecule has 1 aliphatic rings. The lowest BCUT2D eigenvalue weighted by atomic mass is 10.1. The van der Waals surface area contributed by atoms with Crippen LogP contribution < -0.4 is 10.6 Å². The van der Waals surface area contributed by atoms with Crippen molar-refractivity contribution in [1.29, 1.82) is 0 Å². The lowest BCUT2D eigenvalue weighted by molar-refractivity contribution is -0.123. The van der Waals surface area contributed by atoms with E-state index in [1.165, 1.54) is 0 Å². The van der Waals surface area contributed by atoms with Gasteiger partial charge in [0, 0.05) is 13.1 Å². The van der Waals surface area contributed by atoms with Crippen molar-refractivity contribution in [3.8, 4) is 0 Å². The standard InChI is InChI=1S/C14H27N3O3/c1-14(2,3)20-13(19)16-11(10-6-7-10)12(18)15-8-9-17(4)5/h10-11H,6-9H2,1-5H3,(H,15,18)(H,16,19)/t11-/m1/s1. The fourth-order valence-electron chi connectivity index (χ4n) is 1.77. The van der Waals surface area contributed by atoms with Crippen LogP contribution in [-0.2, 0) is 9.53 Å². The van der Waals surface area contributed by atoms with Crippen molar-refractivity contribution < 1.29 is 14.3 Å². The number of likely N-dealkylation sites (N-methyl/N-ethyl adjacent to an activating group) is 1. The van der Waals surface area contributed by atoms with Crippen LogP contribution in [0.2, 0.25) is 0 Å². The van der Waals surface area contributed by atoms with Gasteiger partial charge in [-0.15, -0.1) is 0 Å². The molecule has 1 saturated carbocycles. The SMILES string of the molecule is CN(C)CCNC(=O)[C@H](NC(=O)OC(C)(C)C)C1CC1. The third-order valence-electron chi connectivity index (χ3n) is 2.91. The van der Waals surface area contributed by atoms with E-state index in [1.807, 2.05) is 19.0 Å². The van der Waals surface area contributed by atoms with Crippen molar-refractivity contribution in [2.75, 3.05) is 27.2 Å². The number of nitrogens with one attached hydrogen (secondary N) is 2. The number of carbonyl (C=O) groups is 2. The highest BCUT2D eigenvalue weighted by Crippen LogP contribution is 2.32. The maximum atomic E-state index is 12.1. The van der Waals surface area contributed by atoms with Crippen LogP contribution in [0.25, 0.3) is 0 Å². The maximum absolute atomic E-state index is 12.1. The van der Waals surface area contributed by atoms with E-state index in [1.54, 1.807) is 20.8 Å². The third kappa shape index (κ3) is 6.75. The van der Waals surface area contributed by atoms with Crippen LogP contribution in [-0.4, -0.2) is 55.7 Å². The summed E-state index contributed by atoms with van der Waals surface area (Å²) in [5.74, 6) is 0.113. The zero-order valence-corrected chi connectivity index (χ0v) is 13.2. The van der Waals surface area contributed by atoms with Gasteiger partial charge in [-0.25, -0.2) is 4.79 Å². The summed E-state index contributed by atoms with van der Waals surface area (Å²) in [5, 5.41) is 5.54. The fourth-order valence-corrected chi connectivity index (χ4v) is 1.77. The van der Waals surface area contributed by atoms with Crippen molar-refractivity contribution >= 4 is 12.0 Å². The number of carbonyl (C=O) groups excluding carboxylic acids is 2. The molecule has 0 unspecified atom stereocenters. The molecule has 0 aromatic rings. The Morgan fingerprint density at radius 2 is 1.90 bits per heavy atom. The summed E-state index contributed by atoms with van der Waals surface area (Å²) in [7, 11) is 3.90. The minimum Gasteiger partial charge on any atom is -0.444 e. The van der Waals surface area contributed by atoms with Gasteiger partial charge in [-0.05, 0) is 53.6 Å². The number of nitrogens with zero attached hydrogens (tertiary/aromatic N) is 1. The molecule has 116 valence electrons. The lowest BCUT2D eigenvalue weighted by Gasteiger charge is -2.23. The highest BCUT2D eigenvalue weighted by atomic mass is 16.6. The van der Waals surface area contributed by atoms with Crippen molar-refractivity contribution in [1.82, 2.24) is 15.5 Å². The maximum Gasteiger partial charge on any atom is 0.408 e. The van der Waals surface area contributed by atoms with Gasteiger partial charge in [0.25, 0.3) is 0 Å². The first-order valence-electron chi connectivity index (χ1n) is 7.11. The Labute approximate surface area is 121 Å². The van der Waals surface area contributed by atoms with Gasteiger partial charge in [-0.3, -0.25) is 4.79 Å². The fraction of sp³-hybridized carbons (Fsp3) is 0.857. The van der Waals surface area contributed by atoms with Crippen LogP contribution in [0.3, 0.4) is 0 Å². The number of amides is 2. The minimum absolute atomic E-state index is 0.125. The van der Waals surface area contributed by atoms with Gasteiger partial charge in [-0.1, -0.05) is 0 Å². The summed E-state index contributed by atoms with van der Waals surface area (Å²) in [6.07, 6.45) is 1.42. The number of ether oxygens (including phenoxy) is 1. The number of hydrogen-bond acceptors (Lipinski definition) is 4. The predicted molar refractivity (Wildman–Crippen MR) is 77.4 cm³/mol. The Bertz CT molecular complexity index is 346. The molecule has 0 saturated heterocycles. The zero-order valence-electron chi connectivity index (χ0n) is 13.2. The summed E-state index contributed by atoms with van der Waals surface area (Å²) >= 11 is 0. The van der Waals surface area contributed by atoms with E-state index in [4.69, 9.17) is 4.74 Å². The molecule has 0 spiro atoms. The predicted octanol–water partition coefficient (Wildman–Crippen LogP) is 0.968. The van der Waals surface area contributed by atoms with Gasteiger partial charge in [0.1, 0.15) is 11.6 Å². The van der Waals surface area contributed by atoms with Gasteiger partial charge < -0.3 is 20.3 Å². The molecule has 0 aliphatic heterocycles. The van der Waals surface area contributed by atoms with Crippen LogP contribution in [0, 0.1) is 5.92 Å². The molecule has 0 bridgehead atoms. The van der Waals surface area contributed by atoms with E-state index in [-0.39, 0.29) is 11.8 Å². The molecule has 6 nitrogen and oxygen atoms in total. The molecule has 6 heteroatoms. The largest absolute Gasteiger partial charge is 0.444 e. The van der Waals surface area contributed by atoms with Crippen LogP contribution in [0.5, 0.6) is 0 Å². The average Bonchev–Trinajstić information content (AvgIpc) is 3.06. The molecule has 2 N–H and O–H groups in total. The summed E-state index contributed by atoms with van der Waals surface area (Å²) in [6.45, 7) is 6.75. The molecule has 1 rings (SSSR count). The molecular formula is C14H27N3O3.